The molecule has 0 aliphatic heterocycles. The number of hydrogen-bond donors (Lipinski definition) is 2. The Morgan fingerprint density at radius 1 is 1.33 bits per heavy atom. The molecule has 0 radical (unpaired) electrons. The summed E-state index contributed by atoms with van der Waals surface area (Å²) < 4.78 is 0. The Morgan fingerprint density at radius 2 is 2.10 bits per heavy atom. The van der Waals surface area contributed by atoms with Gasteiger partial charge < -0.3 is 10.6 Å². The Balaban J connectivity index is 2.27. The summed E-state index contributed by atoms with van der Waals surface area (Å²) >= 11 is 0. The van der Waals surface area contributed by atoms with Crippen molar-refractivity contribution in [3.05, 3.63) is 57.9 Å². The van der Waals surface area contributed by atoms with Crippen molar-refractivity contribution < 1.29 is 9.72 Å². The van der Waals surface area contributed by atoms with Crippen molar-refractivity contribution in [3.8, 4) is 0 Å². The lowest BCUT2D eigenvalue weighted by molar-refractivity contribution is -0.385. The van der Waals surface area contributed by atoms with Crippen LogP contribution >= 0.6 is 0 Å². The zero-order valence-corrected chi connectivity index (χ0v) is 11.6. The van der Waals surface area contributed by atoms with E-state index in [2.05, 4.69) is 15.6 Å². The van der Waals surface area contributed by atoms with E-state index in [1.807, 2.05) is 0 Å². The molecule has 1 aromatic carbocycles. The van der Waals surface area contributed by atoms with Gasteiger partial charge >= 0.3 is 0 Å². The van der Waals surface area contributed by atoms with E-state index in [0.29, 0.717) is 11.3 Å². The first-order valence-electron chi connectivity index (χ1n) is 6.22. The Bertz CT molecular complexity index is 700. The molecule has 0 atom stereocenters. The van der Waals surface area contributed by atoms with Gasteiger partial charge in [-0.1, -0.05) is 6.07 Å². The smallest absolute Gasteiger partial charge is 0.274 e. The fraction of sp³-hybridized carbons (Fsp3) is 0.143. The number of hydrogen-bond acceptors (Lipinski definition) is 5. The molecule has 108 valence electrons. The molecule has 7 nitrogen and oxygen atoms in total. The molecule has 0 aliphatic carbocycles. The van der Waals surface area contributed by atoms with E-state index in [0.717, 1.165) is 5.69 Å². The maximum atomic E-state index is 12.1. The monoisotopic (exact) mass is 286 g/mol. The van der Waals surface area contributed by atoms with Gasteiger partial charge in [-0.25, -0.2) is 0 Å². The maximum absolute atomic E-state index is 12.1. The molecule has 1 heterocycles. The molecule has 7 heteroatoms. The molecule has 0 unspecified atom stereocenters. The number of nitrogens with zero attached hydrogens (tertiary/aromatic N) is 2. The van der Waals surface area contributed by atoms with E-state index in [1.54, 1.807) is 32.2 Å². The summed E-state index contributed by atoms with van der Waals surface area (Å²) in [6, 6.07) is 7.86. The highest BCUT2D eigenvalue weighted by Gasteiger charge is 2.16. The minimum atomic E-state index is -0.481. The third-order valence-electron chi connectivity index (χ3n) is 3.03. The number of amides is 1. The van der Waals surface area contributed by atoms with Crippen LogP contribution in [0.5, 0.6) is 0 Å². The third kappa shape index (κ3) is 3.14. The molecule has 1 aromatic heterocycles. The van der Waals surface area contributed by atoms with Gasteiger partial charge in [-0.05, 0) is 25.1 Å². The molecule has 0 fully saturated rings. The standard InChI is InChI=1S/C14H14N4O3/c1-9-11(4-3-5-13(9)18(20)21)17-14(19)12-8-10(15-2)6-7-16-12/h3-8H,1-2H3,(H,15,16)(H,17,19). The van der Waals surface area contributed by atoms with Crippen molar-refractivity contribution in [2.75, 3.05) is 17.7 Å². The minimum Gasteiger partial charge on any atom is -0.388 e. The van der Waals surface area contributed by atoms with E-state index in [4.69, 9.17) is 0 Å². The van der Waals surface area contributed by atoms with Crippen LogP contribution in [0.15, 0.2) is 36.5 Å². The molecule has 1 amide bonds. The number of nitro groups is 1. The maximum Gasteiger partial charge on any atom is 0.274 e. The summed E-state index contributed by atoms with van der Waals surface area (Å²) in [7, 11) is 1.74. The van der Waals surface area contributed by atoms with E-state index in [-0.39, 0.29) is 11.4 Å². The molecule has 0 saturated heterocycles. The van der Waals surface area contributed by atoms with Crippen LogP contribution in [0.4, 0.5) is 17.1 Å². The molecule has 21 heavy (non-hydrogen) atoms. The van der Waals surface area contributed by atoms with Crippen LogP contribution in [-0.4, -0.2) is 22.9 Å². The largest absolute Gasteiger partial charge is 0.388 e. The highest BCUT2D eigenvalue weighted by atomic mass is 16.6. The van der Waals surface area contributed by atoms with Gasteiger partial charge in [0.05, 0.1) is 16.2 Å². The second-order valence-electron chi connectivity index (χ2n) is 4.34. The Morgan fingerprint density at radius 3 is 2.76 bits per heavy atom. The Labute approximate surface area is 121 Å². The normalized spacial score (nSPS) is 10.0. The topological polar surface area (TPSA) is 97.2 Å². The zero-order valence-electron chi connectivity index (χ0n) is 11.6. The summed E-state index contributed by atoms with van der Waals surface area (Å²) in [5.74, 6) is -0.421. The van der Waals surface area contributed by atoms with E-state index < -0.39 is 10.8 Å². The minimum absolute atomic E-state index is 0.0373. The van der Waals surface area contributed by atoms with Crippen LogP contribution in [0, 0.1) is 17.0 Å². The lowest BCUT2D eigenvalue weighted by Gasteiger charge is -2.09. The van der Waals surface area contributed by atoms with Gasteiger partial charge in [0.2, 0.25) is 0 Å². The van der Waals surface area contributed by atoms with Gasteiger partial charge in [-0.15, -0.1) is 0 Å². The second kappa shape index (κ2) is 6.00. The molecule has 2 aromatic rings. The molecule has 2 rings (SSSR count). The average molecular weight is 286 g/mol. The molecule has 0 saturated carbocycles. The van der Waals surface area contributed by atoms with Gasteiger partial charge in [0, 0.05) is 25.0 Å². The first-order chi connectivity index (χ1) is 10.0. The van der Waals surface area contributed by atoms with Crippen molar-refractivity contribution in [2.45, 2.75) is 6.92 Å². The lowest BCUT2D eigenvalue weighted by Crippen LogP contribution is -2.15. The van der Waals surface area contributed by atoms with Gasteiger partial charge in [0.1, 0.15) is 5.69 Å². The van der Waals surface area contributed by atoms with E-state index >= 15 is 0 Å². The number of carbonyl (C=O) groups excluding carboxylic acids is 1. The Hall–Kier alpha value is -2.96. The SMILES string of the molecule is CNc1ccnc(C(=O)Nc2cccc([N+](=O)[O-])c2C)c1. The van der Waals surface area contributed by atoms with Gasteiger partial charge in [0.15, 0.2) is 0 Å². The number of pyridine rings is 1. The summed E-state index contributed by atoms with van der Waals surface area (Å²) in [6.45, 7) is 1.59. The summed E-state index contributed by atoms with van der Waals surface area (Å²) in [5.41, 5.74) is 1.75. The molecular formula is C14H14N4O3. The van der Waals surface area contributed by atoms with Crippen molar-refractivity contribution in [3.63, 3.8) is 0 Å². The zero-order chi connectivity index (χ0) is 15.4. The number of rotatable bonds is 4. The molecule has 0 aliphatic rings. The summed E-state index contributed by atoms with van der Waals surface area (Å²) in [5, 5.41) is 16.4. The van der Waals surface area contributed by atoms with Crippen molar-refractivity contribution in [2.24, 2.45) is 0 Å². The first-order valence-corrected chi connectivity index (χ1v) is 6.22. The number of nitro benzene ring substituents is 1. The number of nitrogens with one attached hydrogen (secondary N) is 2. The average Bonchev–Trinajstić information content (AvgIpc) is 2.49. The molecule has 2 N–H and O–H groups in total. The molecule has 0 spiro atoms. The van der Waals surface area contributed by atoms with Crippen LogP contribution in [0.25, 0.3) is 0 Å². The highest BCUT2D eigenvalue weighted by Crippen LogP contribution is 2.25. The number of carbonyl (C=O) groups is 1. The predicted octanol–water partition coefficient (Wildman–Crippen LogP) is 2.59. The third-order valence-corrected chi connectivity index (χ3v) is 3.03. The van der Waals surface area contributed by atoms with Gasteiger partial charge in [-0.2, -0.15) is 0 Å². The van der Waals surface area contributed by atoms with Crippen LogP contribution in [0.3, 0.4) is 0 Å². The van der Waals surface area contributed by atoms with Crippen molar-refractivity contribution >= 4 is 23.0 Å². The fourth-order valence-electron chi connectivity index (χ4n) is 1.85. The second-order valence-corrected chi connectivity index (χ2v) is 4.34. The van der Waals surface area contributed by atoms with Gasteiger partial charge in [-0.3, -0.25) is 19.9 Å². The van der Waals surface area contributed by atoms with E-state index in [9.17, 15) is 14.9 Å². The van der Waals surface area contributed by atoms with Gasteiger partial charge in [0.25, 0.3) is 11.6 Å². The first kappa shape index (κ1) is 14.4. The van der Waals surface area contributed by atoms with E-state index in [1.165, 1.54) is 18.3 Å². The van der Waals surface area contributed by atoms with Crippen molar-refractivity contribution in [1.29, 1.82) is 0 Å². The lowest BCUT2D eigenvalue weighted by atomic mass is 10.1. The molecular weight excluding hydrogens is 272 g/mol. The number of anilines is 2. The predicted molar refractivity (Wildman–Crippen MR) is 79.6 cm³/mol. The summed E-state index contributed by atoms with van der Waals surface area (Å²) in [4.78, 5) is 26.5. The fourth-order valence-corrected chi connectivity index (χ4v) is 1.85. The van der Waals surface area contributed by atoms with Crippen LogP contribution < -0.4 is 10.6 Å². The number of benzene rings is 1. The van der Waals surface area contributed by atoms with Crippen LogP contribution in [0.1, 0.15) is 16.1 Å². The Kier molecular flexibility index (Phi) is 4.13. The quantitative estimate of drug-likeness (QED) is 0.665. The van der Waals surface area contributed by atoms with Crippen LogP contribution in [-0.2, 0) is 0 Å². The summed E-state index contributed by atoms with van der Waals surface area (Å²) in [6.07, 6.45) is 1.51. The molecule has 0 bridgehead atoms. The highest BCUT2D eigenvalue weighted by molar-refractivity contribution is 6.04. The van der Waals surface area contributed by atoms with Crippen LogP contribution in [0.2, 0.25) is 0 Å². The number of aromatic nitrogens is 1. The van der Waals surface area contributed by atoms with Crippen molar-refractivity contribution in [1.82, 2.24) is 4.98 Å².